The molecule has 1 heterocycles. The number of carboxylic acids is 1. The van der Waals surface area contributed by atoms with Crippen LogP contribution in [0.25, 0.3) is 0 Å². The maximum Gasteiger partial charge on any atom is 0.305 e. The normalized spacial score (nSPS) is 10.5. The highest BCUT2D eigenvalue weighted by Gasteiger charge is 2.18. The molecule has 0 aromatic carbocycles. The van der Waals surface area contributed by atoms with Gasteiger partial charge in [-0.25, -0.2) is 9.97 Å². The van der Waals surface area contributed by atoms with Gasteiger partial charge in [0, 0.05) is 12.6 Å². The summed E-state index contributed by atoms with van der Waals surface area (Å²) in [6.45, 7) is 6.27. The third kappa shape index (κ3) is 3.32. The summed E-state index contributed by atoms with van der Waals surface area (Å²) >= 11 is 0. The van der Waals surface area contributed by atoms with Gasteiger partial charge in [0.15, 0.2) is 0 Å². The lowest BCUT2D eigenvalue weighted by atomic mass is 10.2. The fraction of sp³-hybridized carbons (Fsp3) is 0.583. The number of methoxy groups -OCH3 is 1. The summed E-state index contributed by atoms with van der Waals surface area (Å²) in [6.07, 6.45) is 1.50. The molecular formula is C12H19N3O3. The zero-order valence-electron chi connectivity index (χ0n) is 11.2. The molecule has 1 rings (SSSR count). The number of aromatic nitrogens is 2. The standard InChI is InChI=1S/C12H19N3O3/c1-8(2)15(6-5-10(16)17)11-9(3)12(18-4)14-7-13-11/h7-8H,5-6H2,1-4H3,(H,16,17). The molecule has 1 aromatic heterocycles. The number of carboxylic acid groups (broad SMARTS) is 1. The molecule has 0 aliphatic heterocycles. The first-order valence-corrected chi connectivity index (χ1v) is 5.81. The second kappa shape index (κ2) is 6.18. The molecule has 1 N–H and O–H groups in total. The molecule has 0 radical (unpaired) electrons. The van der Waals surface area contributed by atoms with E-state index >= 15 is 0 Å². The zero-order valence-corrected chi connectivity index (χ0v) is 11.2. The van der Waals surface area contributed by atoms with E-state index in [1.807, 2.05) is 25.7 Å². The van der Waals surface area contributed by atoms with Crippen molar-refractivity contribution >= 4 is 11.8 Å². The number of ether oxygens (including phenoxy) is 1. The van der Waals surface area contributed by atoms with E-state index in [-0.39, 0.29) is 12.5 Å². The van der Waals surface area contributed by atoms with E-state index in [1.165, 1.54) is 6.33 Å². The van der Waals surface area contributed by atoms with Gasteiger partial charge < -0.3 is 14.7 Å². The Bertz CT molecular complexity index is 421. The van der Waals surface area contributed by atoms with Gasteiger partial charge in [0.25, 0.3) is 0 Å². The molecule has 0 aliphatic rings. The molecule has 0 bridgehead atoms. The number of anilines is 1. The lowest BCUT2D eigenvalue weighted by Crippen LogP contribution is -2.34. The Kier molecular flexibility index (Phi) is 4.88. The summed E-state index contributed by atoms with van der Waals surface area (Å²) in [6, 6.07) is 0.155. The molecular weight excluding hydrogens is 234 g/mol. The van der Waals surface area contributed by atoms with E-state index in [4.69, 9.17) is 9.84 Å². The third-order valence-electron chi connectivity index (χ3n) is 2.67. The highest BCUT2D eigenvalue weighted by molar-refractivity contribution is 5.67. The minimum absolute atomic E-state index is 0.0734. The predicted octanol–water partition coefficient (Wildman–Crippen LogP) is 1.48. The van der Waals surface area contributed by atoms with E-state index in [9.17, 15) is 4.79 Å². The lowest BCUT2D eigenvalue weighted by molar-refractivity contribution is -0.136. The molecule has 0 fully saturated rings. The summed E-state index contributed by atoms with van der Waals surface area (Å²) in [5.74, 6) is 0.415. The van der Waals surface area contributed by atoms with Crippen LogP contribution in [0.1, 0.15) is 25.8 Å². The van der Waals surface area contributed by atoms with E-state index < -0.39 is 5.97 Å². The fourth-order valence-corrected chi connectivity index (χ4v) is 1.75. The summed E-state index contributed by atoms with van der Waals surface area (Å²) < 4.78 is 5.15. The SMILES string of the molecule is COc1ncnc(N(CCC(=O)O)C(C)C)c1C. The molecule has 6 nitrogen and oxygen atoms in total. The van der Waals surface area contributed by atoms with Crippen LogP contribution in [0.15, 0.2) is 6.33 Å². The molecule has 18 heavy (non-hydrogen) atoms. The first-order valence-electron chi connectivity index (χ1n) is 5.81. The lowest BCUT2D eigenvalue weighted by Gasteiger charge is -2.28. The monoisotopic (exact) mass is 253 g/mol. The number of nitrogens with zero attached hydrogens (tertiary/aromatic N) is 3. The Balaban J connectivity index is 3.02. The Morgan fingerprint density at radius 3 is 2.67 bits per heavy atom. The smallest absolute Gasteiger partial charge is 0.305 e. The molecule has 0 unspecified atom stereocenters. The average molecular weight is 253 g/mol. The summed E-state index contributed by atoms with van der Waals surface area (Å²) in [5, 5.41) is 8.78. The van der Waals surface area contributed by atoms with E-state index in [0.717, 1.165) is 11.4 Å². The van der Waals surface area contributed by atoms with Crippen molar-refractivity contribution in [2.75, 3.05) is 18.6 Å². The van der Waals surface area contributed by atoms with Gasteiger partial charge in [-0.05, 0) is 20.8 Å². The van der Waals surface area contributed by atoms with Crippen molar-refractivity contribution in [3.8, 4) is 5.88 Å². The number of hydrogen-bond acceptors (Lipinski definition) is 5. The van der Waals surface area contributed by atoms with Gasteiger partial charge in [0.2, 0.25) is 5.88 Å². The third-order valence-corrected chi connectivity index (χ3v) is 2.67. The van der Waals surface area contributed by atoms with Crippen molar-refractivity contribution in [3.05, 3.63) is 11.9 Å². The van der Waals surface area contributed by atoms with Gasteiger partial charge in [-0.2, -0.15) is 0 Å². The molecule has 100 valence electrons. The van der Waals surface area contributed by atoms with Crippen LogP contribution in [-0.2, 0) is 4.79 Å². The van der Waals surface area contributed by atoms with Gasteiger partial charge >= 0.3 is 5.97 Å². The Morgan fingerprint density at radius 2 is 2.17 bits per heavy atom. The average Bonchev–Trinajstić information content (AvgIpc) is 2.30. The van der Waals surface area contributed by atoms with Crippen LogP contribution in [-0.4, -0.2) is 40.7 Å². The van der Waals surface area contributed by atoms with Crippen molar-refractivity contribution in [2.24, 2.45) is 0 Å². The maximum atomic E-state index is 10.7. The largest absolute Gasteiger partial charge is 0.481 e. The minimum Gasteiger partial charge on any atom is -0.481 e. The minimum atomic E-state index is -0.820. The van der Waals surface area contributed by atoms with Crippen LogP contribution in [0.2, 0.25) is 0 Å². The first-order chi connectivity index (χ1) is 8.47. The highest BCUT2D eigenvalue weighted by Crippen LogP contribution is 2.25. The first kappa shape index (κ1) is 14.2. The predicted molar refractivity (Wildman–Crippen MR) is 68.1 cm³/mol. The van der Waals surface area contributed by atoms with Crippen molar-refractivity contribution in [1.82, 2.24) is 9.97 Å². The second-order valence-corrected chi connectivity index (χ2v) is 4.26. The quantitative estimate of drug-likeness (QED) is 0.827. The van der Waals surface area contributed by atoms with Crippen LogP contribution in [0.4, 0.5) is 5.82 Å². The van der Waals surface area contributed by atoms with Crippen LogP contribution < -0.4 is 9.64 Å². The maximum absolute atomic E-state index is 10.7. The summed E-state index contributed by atoms with van der Waals surface area (Å²) in [4.78, 5) is 20.9. The van der Waals surface area contributed by atoms with Crippen molar-refractivity contribution in [2.45, 2.75) is 33.2 Å². The second-order valence-electron chi connectivity index (χ2n) is 4.26. The van der Waals surface area contributed by atoms with E-state index in [2.05, 4.69) is 9.97 Å². The Hall–Kier alpha value is -1.85. The van der Waals surface area contributed by atoms with E-state index in [1.54, 1.807) is 7.11 Å². The molecule has 0 spiro atoms. The molecule has 0 saturated heterocycles. The molecule has 0 saturated carbocycles. The van der Waals surface area contributed by atoms with Gasteiger partial charge in [-0.3, -0.25) is 4.79 Å². The van der Waals surface area contributed by atoms with Crippen LogP contribution in [0.3, 0.4) is 0 Å². The van der Waals surface area contributed by atoms with E-state index in [0.29, 0.717) is 12.4 Å². The molecule has 6 heteroatoms. The Labute approximate surface area is 107 Å². The van der Waals surface area contributed by atoms with Crippen molar-refractivity contribution in [1.29, 1.82) is 0 Å². The number of carbonyl (C=O) groups is 1. The molecule has 0 amide bonds. The fourth-order valence-electron chi connectivity index (χ4n) is 1.75. The Morgan fingerprint density at radius 1 is 1.50 bits per heavy atom. The van der Waals surface area contributed by atoms with Crippen molar-refractivity contribution < 1.29 is 14.6 Å². The summed E-state index contributed by atoms with van der Waals surface area (Å²) in [5.41, 5.74) is 0.819. The number of rotatable bonds is 6. The van der Waals surface area contributed by atoms with Gasteiger partial charge in [0.05, 0.1) is 19.1 Å². The van der Waals surface area contributed by atoms with Gasteiger partial charge in [-0.1, -0.05) is 0 Å². The van der Waals surface area contributed by atoms with Crippen LogP contribution in [0, 0.1) is 6.92 Å². The van der Waals surface area contributed by atoms with Gasteiger partial charge in [0.1, 0.15) is 12.1 Å². The zero-order chi connectivity index (χ0) is 13.7. The number of aliphatic carboxylic acids is 1. The van der Waals surface area contributed by atoms with Crippen LogP contribution in [0.5, 0.6) is 5.88 Å². The number of hydrogen-bond donors (Lipinski definition) is 1. The topological polar surface area (TPSA) is 75.6 Å². The van der Waals surface area contributed by atoms with Crippen LogP contribution >= 0.6 is 0 Å². The van der Waals surface area contributed by atoms with Crippen molar-refractivity contribution in [3.63, 3.8) is 0 Å². The molecule has 1 aromatic rings. The molecule has 0 atom stereocenters. The molecule has 0 aliphatic carbocycles. The van der Waals surface area contributed by atoms with Gasteiger partial charge in [-0.15, -0.1) is 0 Å². The summed E-state index contributed by atoms with van der Waals surface area (Å²) in [7, 11) is 1.55. The highest BCUT2D eigenvalue weighted by atomic mass is 16.5.